The van der Waals surface area contributed by atoms with Gasteiger partial charge in [-0.05, 0) is 0 Å². The average molecular weight is 631 g/mol. The molecule has 2 aliphatic rings. The van der Waals surface area contributed by atoms with Crippen molar-refractivity contribution < 1.29 is 9.47 Å². The van der Waals surface area contributed by atoms with Gasteiger partial charge in [0.15, 0.2) is 0 Å². The summed E-state index contributed by atoms with van der Waals surface area (Å²) in [6.07, 6.45) is 1.81. The van der Waals surface area contributed by atoms with Crippen LogP contribution >= 0.6 is 0 Å². The number of hydrogen-bond donors (Lipinski definition) is 0. The van der Waals surface area contributed by atoms with Gasteiger partial charge < -0.3 is 0 Å². The summed E-state index contributed by atoms with van der Waals surface area (Å²) < 4.78 is 14.9. The van der Waals surface area contributed by atoms with Gasteiger partial charge in [-0.3, -0.25) is 0 Å². The van der Waals surface area contributed by atoms with Crippen molar-refractivity contribution in [3.63, 3.8) is 0 Å². The normalized spacial score (nSPS) is 18.4. The summed E-state index contributed by atoms with van der Waals surface area (Å²) in [4.78, 5) is 9.93. The second-order valence-corrected chi connectivity index (χ2v) is 15.5. The molecule has 0 aliphatic carbocycles. The predicted octanol–water partition coefficient (Wildman–Crippen LogP) is 3.74. The van der Waals surface area contributed by atoms with Crippen molar-refractivity contribution in [1.82, 2.24) is 0 Å². The van der Waals surface area contributed by atoms with E-state index in [1.54, 1.807) is 0 Å². The van der Waals surface area contributed by atoms with E-state index in [1.165, 1.54) is 20.1 Å². The van der Waals surface area contributed by atoms with Crippen LogP contribution in [0.3, 0.4) is 0 Å². The Morgan fingerprint density at radius 3 is 1.37 bits per heavy atom. The Morgan fingerprint density at radius 2 is 0.921 bits per heavy atom. The molecule has 4 aromatic carbocycles. The van der Waals surface area contributed by atoms with Gasteiger partial charge in [0.2, 0.25) is 0 Å². The molecule has 0 saturated heterocycles. The summed E-state index contributed by atoms with van der Waals surface area (Å²) in [5, 5.41) is 0. The summed E-state index contributed by atoms with van der Waals surface area (Å²) in [5.41, 5.74) is 4.87. The Hall–Kier alpha value is -3.14. The van der Waals surface area contributed by atoms with E-state index in [9.17, 15) is 0 Å². The van der Waals surface area contributed by atoms with E-state index in [4.69, 9.17) is 19.5 Å². The molecule has 4 nitrogen and oxygen atoms in total. The van der Waals surface area contributed by atoms with Crippen molar-refractivity contribution in [3.05, 3.63) is 131 Å². The quantitative estimate of drug-likeness (QED) is 0.265. The Bertz CT molecular complexity index is 1330. The minimum atomic E-state index is 0.167. The minimum absolute atomic E-state index is 0.167. The number of benzene rings is 4. The molecule has 0 radical (unpaired) electrons. The molecule has 6 heteroatoms. The number of hydrogen-bond acceptors (Lipinski definition) is 4. The van der Waals surface area contributed by atoms with Crippen LogP contribution in [0.5, 0.6) is 0 Å². The Balaban J connectivity index is 1.15. The van der Waals surface area contributed by atoms with Crippen molar-refractivity contribution >= 4 is 47.0 Å². The molecule has 0 bridgehead atoms. The van der Waals surface area contributed by atoms with Crippen LogP contribution in [0.1, 0.15) is 22.3 Å². The molecular weight excluding hydrogens is 602 g/mol. The van der Waals surface area contributed by atoms with E-state index in [0.717, 1.165) is 35.8 Å². The van der Waals surface area contributed by atoms with E-state index in [-0.39, 0.29) is 38.3 Å². The van der Waals surface area contributed by atoms with Gasteiger partial charge in [0.05, 0.1) is 0 Å². The molecule has 2 atom stereocenters. The van der Waals surface area contributed by atoms with Crippen molar-refractivity contribution in [2.45, 2.75) is 24.9 Å². The van der Waals surface area contributed by atoms with Gasteiger partial charge >= 0.3 is 236 Å². The molecule has 190 valence electrons. The first-order valence-corrected chi connectivity index (χ1v) is 18.9. The van der Waals surface area contributed by atoms with Crippen molar-refractivity contribution in [3.8, 4) is 0 Å². The van der Waals surface area contributed by atoms with Crippen LogP contribution in [-0.4, -0.2) is 63.4 Å². The van der Waals surface area contributed by atoms with E-state index < -0.39 is 0 Å². The summed E-state index contributed by atoms with van der Waals surface area (Å²) in [6, 6.07) is 38.6. The molecule has 0 N–H and O–H groups in total. The third kappa shape index (κ3) is 6.11. The molecule has 0 fully saturated rings. The maximum atomic E-state index is 6.11. The van der Waals surface area contributed by atoms with E-state index in [0.29, 0.717) is 13.2 Å². The van der Waals surface area contributed by atoms with Crippen LogP contribution in [0.4, 0.5) is 0 Å². The molecule has 0 aromatic heterocycles. The first-order valence-electron chi connectivity index (χ1n) is 12.8. The van der Waals surface area contributed by atoms with Crippen molar-refractivity contribution in [1.29, 1.82) is 0 Å². The molecular formula is C32H28N2O2Se2. The second kappa shape index (κ2) is 12.1. The molecule has 0 amide bonds. The van der Waals surface area contributed by atoms with Crippen LogP contribution in [0.15, 0.2) is 119 Å². The third-order valence-corrected chi connectivity index (χ3v) is 13.8. The molecule has 4 aromatic rings. The topological polar surface area (TPSA) is 43.2 Å². The number of aliphatic imine (C=N–C) groups is 2. The number of ether oxygens (including phenoxy) is 2. The Morgan fingerprint density at radius 1 is 0.526 bits per heavy atom. The SMILES string of the molecule is c1ccc(C[C@H]2COC(c3ccccc3[Se][Se]c3ccccc3C3=N[C@@H](Cc4ccccc4)CO3)=N2)cc1. The molecule has 38 heavy (non-hydrogen) atoms. The van der Waals surface area contributed by atoms with Gasteiger partial charge in [-0.1, -0.05) is 0 Å². The summed E-state index contributed by atoms with van der Waals surface area (Å²) in [6.45, 7) is 1.28. The first-order chi connectivity index (χ1) is 18.8. The van der Waals surface area contributed by atoms with Gasteiger partial charge in [-0.25, -0.2) is 0 Å². The summed E-state index contributed by atoms with van der Waals surface area (Å²) in [5.74, 6) is 1.58. The van der Waals surface area contributed by atoms with E-state index in [2.05, 4.69) is 109 Å². The standard InChI is InChI=1S/C32H28N2O2Se2/c1-3-11-23(12-4-1)19-25-21-35-31(33-25)27-15-7-9-17-29(27)37-38-30-18-10-8-16-28(30)32-34-26(22-36-32)20-24-13-5-2-6-14-24/h1-18,25-26H,19-22H2/t25-,26-/m0/s1. The molecule has 6 rings (SSSR count). The maximum absolute atomic E-state index is 6.11. The second-order valence-electron chi connectivity index (χ2n) is 9.34. The third-order valence-electron chi connectivity index (χ3n) is 6.51. The Kier molecular flexibility index (Phi) is 8.04. The Labute approximate surface area is 235 Å². The van der Waals surface area contributed by atoms with Gasteiger partial charge in [0.1, 0.15) is 0 Å². The zero-order chi connectivity index (χ0) is 25.6. The molecule has 0 spiro atoms. The summed E-state index contributed by atoms with van der Waals surface area (Å²) >= 11 is 0.539. The predicted molar refractivity (Wildman–Crippen MR) is 157 cm³/mol. The fourth-order valence-corrected chi connectivity index (χ4v) is 11.7. The number of nitrogens with zero attached hydrogens (tertiary/aromatic N) is 2. The first kappa shape index (κ1) is 25.2. The zero-order valence-electron chi connectivity index (χ0n) is 20.9. The van der Waals surface area contributed by atoms with Crippen molar-refractivity contribution in [2.75, 3.05) is 13.2 Å². The molecule has 2 aliphatic heterocycles. The molecule has 2 heterocycles. The summed E-state index contributed by atoms with van der Waals surface area (Å²) in [7, 11) is 0. The number of rotatable bonds is 9. The fourth-order valence-electron chi connectivity index (χ4n) is 4.63. The van der Waals surface area contributed by atoms with Crippen molar-refractivity contribution in [2.24, 2.45) is 9.98 Å². The van der Waals surface area contributed by atoms with Gasteiger partial charge in [-0.15, -0.1) is 0 Å². The zero-order valence-corrected chi connectivity index (χ0v) is 24.3. The monoisotopic (exact) mass is 632 g/mol. The van der Waals surface area contributed by atoms with E-state index >= 15 is 0 Å². The fraction of sp³-hybridized carbons (Fsp3) is 0.188. The van der Waals surface area contributed by atoms with Gasteiger partial charge in [-0.2, -0.15) is 0 Å². The van der Waals surface area contributed by atoms with Crippen LogP contribution in [0, 0.1) is 0 Å². The van der Waals surface area contributed by atoms with Crippen LogP contribution < -0.4 is 8.92 Å². The van der Waals surface area contributed by atoms with Gasteiger partial charge in [0, 0.05) is 0 Å². The van der Waals surface area contributed by atoms with Crippen LogP contribution in [0.2, 0.25) is 0 Å². The van der Waals surface area contributed by atoms with Gasteiger partial charge in [0.25, 0.3) is 0 Å². The van der Waals surface area contributed by atoms with E-state index in [1.807, 2.05) is 0 Å². The molecule has 0 unspecified atom stereocenters. The van der Waals surface area contributed by atoms with Crippen LogP contribution in [-0.2, 0) is 22.3 Å². The van der Waals surface area contributed by atoms with Crippen LogP contribution in [0.25, 0.3) is 0 Å². The molecule has 0 saturated carbocycles. The average Bonchev–Trinajstić information content (AvgIpc) is 3.63.